The highest BCUT2D eigenvalue weighted by molar-refractivity contribution is 7.94. The molecule has 0 saturated carbocycles. The first-order chi connectivity index (χ1) is 9.06. The third-order valence-corrected chi connectivity index (χ3v) is 3.04. The Labute approximate surface area is 116 Å². The molecule has 0 aliphatic rings. The van der Waals surface area contributed by atoms with E-state index in [-0.39, 0.29) is 5.91 Å². The fourth-order valence-electron chi connectivity index (χ4n) is 1.59. The van der Waals surface area contributed by atoms with E-state index >= 15 is 0 Å². The predicted octanol–water partition coefficient (Wildman–Crippen LogP) is 1.56. The number of carbonyl (C=O) groups excluding carboxylic acids is 2. The highest BCUT2D eigenvalue weighted by atomic mass is 32.2. The van der Waals surface area contributed by atoms with E-state index in [1.807, 2.05) is 24.3 Å². The van der Waals surface area contributed by atoms with E-state index in [4.69, 9.17) is 4.18 Å². The van der Waals surface area contributed by atoms with E-state index in [9.17, 15) is 9.59 Å². The number of benzene rings is 1. The topological polar surface area (TPSA) is 64.6 Å². The summed E-state index contributed by atoms with van der Waals surface area (Å²) in [6.45, 7) is 1.37. The van der Waals surface area contributed by atoms with Crippen LogP contribution in [0.15, 0.2) is 29.2 Å². The minimum Gasteiger partial charge on any atom is -0.467 e. The van der Waals surface area contributed by atoms with Crippen LogP contribution in [0, 0.1) is 0 Å². The smallest absolute Gasteiger partial charge is 0.328 e. The van der Waals surface area contributed by atoms with E-state index in [2.05, 4.69) is 10.1 Å². The number of hydrogen-bond acceptors (Lipinski definition) is 5. The van der Waals surface area contributed by atoms with E-state index in [1.165, 1.54) is 26.1 Å². The molecular formula is C13H17NO4S. The molecule has 0 aliphatic carbocycles. The van der Waals surface area contributed by atoms with E-state index in [0.29, 0.717) is 6.42 Å². The van der Waals surface area contributed by atoms with Gasteiger partial charge in [0.2, 0.25) is 5.91 Å². The largest absolute Gasteiger partial charge is 0.467 e. The molecule has 19 heavy (non-hydrogen) atoms. The summed E-state index contributed by atoms with van der Waals surface area (Å²) in [6, 6.07) is 6.90. The molecule has 0 bridgehead atoms. The van der Waals surface area contributed by atoms with Crippen LogP contribution in [-0.2, 0) is 24.9 Å². The minimum absolute atomic E-state index is 0.262. The molecule has 1 amide bonds. The molecule has 1 N–H and O–H groups in total. The zero-order valence-electron chi connectivity index (χ0n) is 11.1. The Kier molecular flexibility index (Phi) is 6.38. The Bertz CT molecular complexity index is 433. The molecule has 1 atom stereocenters. The Morgan fingerprint density at radius 3 is 2.37 bits per heavy atom. The van der Waals surface area contributed by atoms with Gasteiger partial charge >= 0.3 is 5.97 Å². The maximum absolute atomic E-state index is 11.6. The summed E-state index contributed by atoms with van der Waals surface area (Å²) in [4.78, 5) is 23.6. The van der Waals surface area contributed by atoms with Gasteiger partial charge in [-0.25, -0.2) is 4.79 Å². The molecule has 0 fully saturated rings. The van der Waals surface area contributed by atoms with Gasteiger partial charge in [0.15, 0.2) is 0 Å². The summed E-state index contributed by atoms with van der Waals surface area (Å²) in [6.07, 6.45) is 0.393. The van der Waals surface area contributed by atoms with Crippen molar-refractivity contribution in [1.29, 1.82) is 0 Å². The second kappa shape index (κ2) is 7.81. The van der Waals surface area contributed by atoms with Gasteiger partial charge in [0.05, 0.1) is 14.2 Å². The molecule has 0 heterocycles. The van der Waals surface area contributed by atoms with Gasteiger partial charge in [0, 0.05) is 30.3 Å². The zero-order chi connectivity index (χ0) is 14.3. The van der Waals surface area contributed by atoms with Crippen LogP contribution in [0.2, 0.25) is 0 Å². The lowest BCUT2D eigenvalue weighted by atomic mass is 10.1. The summed E-state index contributed by atoms with van der Waals surface area (Å²) >= 11 is 1.26. The maximum Gasteiger partial charge on any atom is 0.328 e. The molecule has 1 aromatic rings. The molecule has 0 radical (unpaired) electrons. The number of carbonyl (C=O) groups is 2. The van der Waals surface area contributed by atoms with Crippen LogP contribution in [0.5, 0.6) is 0 Å². The number of amides is 1. The van der Waals surface area contributed by atoms with Crippen LogP contribution in [0.1, 0.15) is 12.5 Å². The third kappa shape index (κ3) is 5.32. The van der Waals surface area contributed by atoms with Gasteiger partial charge in [0.1, 0.15) is 6.04 Å². The monoisotopic (exact) mass is 283 g/mol. The lowest BCUT2D eigenvalue weighted by Crippen LogP contribution is -2.41. The van der Waals surface area contributed by atoms with Gasteiger partial charge in [-0.2, -0.15) is 0 Å². The first-order valence-corrected chi connectivity index (χ1v) is 6.45. The Morgan fingerprint density at radius 1 is 1.26 bits per heavy atom. The summed E-state index contributed by atoms with van der Waals surface area (Å²) < 4.78 is 9.61. The molecule has 1 aromatic carbocycles. The third-order valence-electron chi connectivity index (χ3n) is 2.41. The van der Waals surface area contributed by atoms with Crippen LogP contribution in [-0.4, -0.2) is 32.1 Å². The lowest BCUT2D eigenvalue weighted by molar-refractivity contribution is -0.144. The molecule has 1 unspecified atom stereocenters. The average Bonchev–Trinajstić information content (AvgIpc) is 2.39. The number of esters is 1. The zero-order valence-corrected chi connectivity index (χ0v) is 12.0. The quantitative estimate of drug-likeness (QED) is 0.634. The van der Waals surface area contributed by atoms with Crippen LogP contribution in [0.3, 0.4) is 0 Å². The van der Waals surface area contributed by atoms with Gasteiger partial charge in [-0.15, -0.1) is 0 Å². The van der Waals surface area contributed by atoms with E-state index in [0.717, 1.165) is 10.5 Å². The minimum atomic E-state index is -0.663. The van der Waals surface area contributed by atoms with Crippen molar-refractivity contribution >= 4 is 23.9 Å². The molecule has 0 aliphatic heterocycles. The molecule has 1 rings (SSSR count). The molecule has 0 spiro atoms. The number of nitrogens with one attached hydrogen (secondary N) is 1. The molecule has 104 valence electrons. The van der Waals surface area contributed by atoms with Crippen molar-refractivity contribution in [2.45, 2.75) is 24.3 Å². The summed E-state index contributed by atoms with van der Waals surface area (Å²) in [5.74, 6) is -0.715. The normalized spacial score (nSPS) is 11.7. The second-order valence-electron chi connectivity index (χ2n) is 3.87. The van der Waals surface area contributed by atoms with Crippen LogP contribution in [0.25, 0.3) is 0 Å². The summed E-state index contributed by atoms with van der Waals surface area (Å²) in [5, 5.41) is 2.58. The fourth-order valence-corrected chi connectivity index (χ4v) is 2.03. The first kappa shape index (κ1) is 15.5. The molecule has 0 aromatic heterocycles. The molecule has 0 saturated heterocycles. The summed E-state index contributed by atoms with van der Waals surface area (Å²) in [5.41, 5.74) is 0.935. The van der Waals surface area contributed by atoms with Crippen molar-refractivity contribution in [3.05, 3.63) is 29.8 Å². The van der Waals surface area contributed by atoms with E-state index in [1.54, 1.807) is 7.11 Å². The standard InChI is InChI=1S/C13H17NO4S/c1-9(15)14-12(13(16)17-2)8-10-4-6-11(7-5-10)19-18-3/h4-7,12H,8H2,1-3H3,(H,14,15). The number of methoxy groups -OCH3 is 1. The molecule has 5 nitrogen and oxygen atoms in total. The molecular weight excluding hydrogens is 266 g/mol. The van der Waals surface area contributed by atoms with Crippen molar-refractivity contribution in [3.8, 4) is 0 Å². The van der Waals surface area contributed by atoms with Crippen molar-refractivity contribution < 1.29 is 18.5 Å². The highest BCUT2D eigenvalue weighted by Crippen LogP contribution is 2.18. The van der Waals surface area contributed by atoms with Crippen molar-refractivity contribution in [3.63, 3.8) is 0 Å². The van der Waals surface area contributed by atoms with Crippen LogP contribution < -0.4 is 5.32 Å². The highest BCUT2D eigenvalue weighted by Gasteiger charge is 2.20. The van der Waals surface area contributed by atoms with Gasteiger partial charge in [0.25, 0.3) is 0 Å². The summed E-state index contributed by atoms with van der Waals surface area (Å²) in [7, 11) is 2.90. The second-order valence-corrected chi connectivity index (χ2v) is 4.85. The van der Waals surface area contributed by atoms with Crippen molar-refractivity contribution in [1.82, 2.24) is 5.32 Å². The van der Waals surface area contributed by atoms with E-state index < -0.39 is 12.0 Å². The van der Waals surface area contributed by atoms with Crippen LogP contribution in [0.4, 0.5) is 0 Å². The van der Waals surface area contributed by atoms with Crippen molar-refractivity contribution in [2.75, 3.05) is 14.2 Å². The fraction of sp³-hybridized carbons (Fsp3) is 0.385. The Balaban J connectivity index is 2.72. The lowest BCUT2D eigenvalue weighted by Gasteiger charge is -2.15. The Morgan fingerprint density at radius 2 is 1.89 bits per heavy atom. The van der Waals surface area contributed by atoms with Crippen molar-refractivity contribution in [2.24, 2.45) is 0 Å². The number of rotatable bonds is 6. The van der Waals surface area contributed by atoms with Gasteiger partial charge in [-0.3, -0.25) is 4.79 Å². The molecule has 6 heteroatoms. The van der Waals surface area contributed by atoms with Crippen LogP contribution >= 0.6 is 12.0 Å². The Hall–Kier alpha value is -1.53. The predicted molar refractivity (Wildman–Crippen MR) is 72.6 cm³/mol. The maximum atomic E-state index is 11.6. The average molecular weight is 283 g/mol. The van der Waals surface area contributed by atoms with Gasteiger partial charge < -0.3 is 14.2 Å². The first-order valence-electron chi connectivity index (χ1n) is 5.71. The number of hydrogen-bond donors (Lipinski definition) is 1. The SMILES string of the molecule is COSc1ccc(CC(NC(C)=O)C(=O)OC)cc1. The van der Waals surface area contributed by atoms with Gasteiger partial charge in [-0.05, 0) is 17.7 Å². The van der Waals surface area contributed by atoms with Gasteiger partial charge in [-0.1, -0.05) is 12.1 Å². The number of ether oxygens (including phenoxy) is 1.